The molecule has 2 saturated heterocycles. The van der Waals surface area contributed by atoms with E-state index < -0.39 is 19.6 Å². The van der Waals surface area contributed by atoms with Gasteiger partial charge >= 0.3 is 6.61 Å². The largest absolute Gasteiger partial charge is 0.417 e. The molecule has 5 heterocycles. The van der Waals surface area contributed by atoms with Crippen LogP contribution in [0.3, 0.4) is 0 Å². The van der Waals surface area contributed by atoms with Gasteiger partial charge in [-0.2, -0.15) is 13.9 Å². The number of nitrogens with zero attached hydrogens (tertiary/aromatic N) is 7. The minimum absolute atomic E-state index is 0.0813. The average Bonchev–Trinajstić information content (AvgIpc) is 3.31. The fraction of sp³-hybridized carbons (Fsp3) is 0.474. The van der Waals surface area contributed by atoms with Crippen molar-refractivity contribution in [1.29, 1.82) is 0 Å². The zero-order valence-electron chi connectivity index (χ0n) is 16.3. The predicted molar refractivity (Wildman–Crippen MR) is 104 cm³/mol. The van der Waals surface area contributed by atoms with E-state index in [1.54, 1.807) is 12.3 Å². The summed E-state index contributed by atoms with van der Waals surface area (Å²) in [7, 11) is 0. The summed E-state index contributed by atoms with van der Waals surface area (Å²) in [5.41, 5.74) is 1.77. The molecule has 2 fully saturated rings. The van der Waals surface area contributed by atoms with Crippen LogP contribution in [0.25, 0.3) is 11.2 Å². The van der Waals surface area contributed by atoms with Crippen molar-refractivity contribution in [2.24, 2.45) is 5.41 Å². The van der Waals surface area contributed by atoms with Crippen LogP contribution in [0.2, 0.25) is 0 Å². The predicted octanol–water partition coefficient (Wildman–Crippen LogP) is 2.80. The Morgan fingerprint density at radius 2 is 1.81 bits per heavy atom. The van der Waals surface area contributed by atoms with Gasteiger partial charge in [0, 0.05) is 37.7 Å². The zero-order chi connectivity index (χ0) is 21.6. The SMILES string of the molecule is FC(F)Cn1ncc2ncc(N3CCC4(CN(c5ccc(OC(F)F)nc5)C4)C3)nc21. The molecular weight excluding hydrogens is 418 g/mol. The molecular formula is C19H19F4N7O. The van der Waals surface area contributed by atoms with Crippen molar-refractivity contribution in [2.75, 3.05) is 36.0 Å². The van der Waals surface area contributed by atoms with Crippen LogP contribution < -0.4 is 14.5 Å². The maximum absolute atomic E-state index is 12.8. The normalized spacial score (nSPS) is 17.9. The van der Waals surface area contributed by atoms with Crippen molar-refractivity contribution >= 4 is 22.7 Å². The van der Waals surface area contributed by atoms with E-state index in [-0.39, 0.29) is 11.3 Å². The fourth-order valence-corrected chi connectivity index (χ4v) is 4.31. The summed E-state index contributed by atoms with van der Waals surface area (Å²) >= 11 is 0. The van der Waals surface area contributed by atoms with Gasteiger partial charge in [0.15, 0.2) is 5.65 Å². The summed E-state index contributed by atoms with van der Waals surface area (Å²) in [5, 5.41) is 3.95. The fourth-order valence-electron chi connectivity index (χ4n) is 4.31. The van der Waals surface area contributed by atoms with Gasteiger partial charge in [-0.3, -0.25) is 0 Å². The van der Waals surface area contributed by atoms with Crippen LogP contribution in [-0.2, 0) is 6.54 Å². The highest BCUT2D eigenvalue weighted by Gasteiger charge is 2.48. The molecule has 0 unspecified atom stereocenters. The summed E-state index contributed by atoms with van der Waals surface area (Å²) < 4.78 is 55.5. The quantitative estimate of drug-likeness (QED) is 0.549. The molecule has 164 valence electrons. The Labute approximate surface area is 174 Å². The van der Waals surface area contributed by atoms with E-state index in [2.05, 4.69) is 34.6 Å². The number of hydrogen-bond acceptors (Lipinski definition) is 7. The molecule has 0 saturated carbocycles. The number of alkyl halides is 4. The average molecular weight is 437 g/mol. The standard InChI is InChI=1S/C19H19F4N7O/c20-14(21)8-30-17-13(6-26-30)24-7-15(27-17)28-4-3-19(9-28)10-29(11-19)12-1-2-16(25-5-12)31-18(22)23/h1-2,5-7,14,18H,3-4,8-11H2. The number of aromatic nitrogens is 5. The Morgan fingerprint density at radius 1 is 1.00 bits per heavy atom. The molecule has 0 radical (unpaired) electrons. The molecule has 2 aliphatic rings. The first-order valence-electron chi connectivity index (χ1n) is 9.78. The van der Waals surface area contributed by atoms with E-state index in [1.807, 2.05) is 0 Å². The minimum Gasteiger partial charge on any atom is -0.417 e. The first-order valence-corrected chi connectivity index (χ1v) is 9.78. The van der Waals surface area contributed by atoms with Gasteiger partial charge in [0.2, 0.25) is 5.88 Å². The lowest BCUT2D eigenvalue weighted by molar-refractivity contribution is -0.0528. The van der Waals surface area contributed by atoms with Crippen molar-refractivity contribution in [2.45, 2.75) is 26.0 Å². The van der Waals surface area contributed by atoms with Gasteiger partial charge in [0.1, 0.15) is 17.9 Å². The van der Waals surface area contributed by atoms with Crippen LogP contribution in [0.15, 0.2) is 30.7 Å². The molecule has 0 bridgehead atoms. The van der Waals surface area contributed by atoms with Crippen LogP contribution in [0.1, 0.15) is 6.42 Å². The Balaban J connectivity index is 1.25. The van der Waals surface area contributed by atoms with Crippen LogP contribution in [0.4, 0.5) is 29.1 Å². The lowest BCUT2D eigenvalue weighted by Gasteiger charge is -2.49. The third-order valence-corrected chi connectivity index (χ3v) is 5.75. The summed E-state index contributed by atoms with van der Waals surface area (Å²) in [5.74, 6) is 0.537. The lowest BCUT2D eigenvalue weighted by atomic mass is 9.79. The number of fused-ring (bicyclic) bond motifs is 1. The maximum atomic E-state index is 12.8. The smallest absolute Gasteiger partial charge is 0.388 e. The molecule has 1 spiro atoms. The van der Waals surface area contributed by atoms with E-state index in [9.17, 15) is 17.6 Å². The molecule has 12 heteroatoms. The lowest BCUT2D eigenvalue weighted by Crippen LogP contribution is -2.57. The highest BCUT2D eigenvalue weighted by Crippen LogP contribution is 2.42. The molecule has 0 aromatic carbocycles. The number of pyridine rings is 1. The van der Waals surface area contributed by atoms with Crippen molar-refractivity contribution in [1.82, 2.24) is 24.7 Å². The Morgan fingerprint density at radius 3 is 2.52 bits per heavy atom. The molecule has 8 nitrogen and oxygen atoms in total. The third-order valence-electron chi connectivity index (χ3n) is 5.75. The molecule has 0 N–H and O–H groups in total. The maximum Gasteiger partial charge on any atom is 0.388 e. The van der Waals surface area contributed by atoms with Crippen molar-refractivity contribution in [3.8, 4) is 5.88 Å². The minimum atomic E-state index is -2.90. The zero-order valence-corrected chi connectivity index (χ0v) is 16.3. The van der Waals surface area contributed by atoms with Gasteiger partial charge in [-0.1, -0.05) is 0 Å². The first-order chi connectivity index (χ1) is 14.9. The second-order valence-corrected chi connectivity index (χ2v) is 7.92. The van der Waals surface area contributed by atoms with Gasteiger partial charge in [-0.05, 0) is 12.5 Å². The molecule has 0 aliphatic carbocycles. The van der Waals surface area contributed by atoms with Crippen molar-refractivity contribution in [3.63, 3.8) is 0 Å². The Kier molecular flexibility index (Phi) is 4.78. The number of ether oxygens (including phenoxy) is 1. The molecule has 31 heavy (non-hydrogen) atoms. The molecule has 0 atom stereocenters. The topological polar surface area (TPSA) is 72.2 Å². The van der Waals surface area contributed by atoms with Crippen LogP contribution in [0, 0.1) is 5.41 Å². The summed E-state index contributed by atoms with van der Waals surface area (Å²) in [6.45, 7) is -0.247. The third kappa shape index (κ3) is 3.81. The molecule has 3 aromatic rings. The van der Waals surface area contributed by atoms with E-state index in [4.69, 9.17) is 0 Å². The van der Waals surface area contributed by atoms with Gasteiger partial charge in [0.05, 0.1) is 24.3 Å². The van der Waals surface area contributed by atoms with Gasteiger partial charge in [-0.25, -0.2) is 28.4 Å². The second-order valence-electron chi connectivity index (χ2n) is 7.92. The molecule has 0 amide bonds. The highest BCUT2D eigenvalue weighted by molar-refractivity contribution is 5.71. The molecule has 5 rings (SSSR count). The number of hydrogen-bond donors (Lipinski definition) is 0. The van der Waals surface area contributed by atoms with E-state index in [0.717, 1.165) is 38.3 Å². The van der Waals surface area contributed by atoms with E-state index in [1.165, 1.54) is 23.1 Å². The Bertz CT molecular complexity index is 1070. The van der Waals surface area contributed by atoms with Gasteiger partial charge in [0.25, 0.3) is 6.43 Å². The summed E-state index contributed by atoms with van der Waals surface area (Å²) in [6.07, 6.45) is 3.06. The van der Waals surface area contributed by atoms with Crippen LogP contribution >= 0.6 is 0 Å². The molecule has 3 aromatic heterocycles. The van der Waals surface area contributed by atoms with Crippen LogP contribution in [-0.4, -0.2) is 63.9 Å². The summed E-state index contributed by atoms with van der Waals surface area (Å²) in [6, 6.07) is 3.15. The van der Waals surface area contributed by atoms with E-state index in [0.29, 0.717) is 17.0 Å². The number of halogens is 4. The summed E-state index contributed by atoms with van der Waals surface area (Å²) in [4.78, 5) is 17.0. The molecule has 2 aliphatic heterocycles. The first kappa shape index (κ1) is 19.8. The Hall–Kier alpha value is -3.18. The number of anilines is 2. The van der Waals surface area contributed by atoms with Gasteiger partial charge < -0.3 is 14.5 Å². The van der Waals surface area contributed by atoms with Gasteiger partial charge in [-0.15, -0.1) is 0 Å². The number of rotatable bonds is 6. The van der Waals surface area contributed by atoms with Crippen molar-refractivity contribution in [3.05, 3.63) is 30.7 Å². The van der Waals surface area contributed by atoms with E-state index >= 15 is 0 Å². The second kappa shape index (κ2) is 7.50. The van der Waals surface area contributed by atoms with Crippen LogP contribution in [0.5, 0.6) is 5.88 Å². The monoisotopic (exact) mass is 437 g/mol. The van der Waals surface area contributed by atoms with Crippen molar-refractivity contribution < 1.29 is 22.3 Å². The highest BCUT2D eigenvalue weighted by atomic mass is 19.3.